The third-order valence-electron chi connectivity index (χ3n) is 0.931. The molecule has 1 saturated heterocycles. The maximum absolute atomic E-state index is 10.4. The molecule has 0 saturated carbocycles. The summed E-state index contributed by atoms with van der Waals surface area (Å²) < 4.78 is 4.11. The number of hydrogen-bond donors (Lipinski definition) is 1. The lowest BCUT2D eigenvalue weighted by Gasteiger charge is -1.82. The Morgan fingerprint density at radius 2 is 2.22 bits per heavy atom. The Morgan fingerprint density at radius 1 is 1.56 bits per heavy atom. The molecule has 0 radical (unpaired) electrons. The van der Waals surface area contributed by atoms with Crippen molar-refractivity contribution in [1.82, 2.24) is 5.32 Å². The lowest BCUT2D eigenvalue weighted by atomic mass is 10.4. The summed E-state index contributed by atoms with van der Waals surface area (Å²) in [5.74, 6) is -0.609. The molecule has 1 N–H and O–H groups in total. The molecule has 48 valence electrons. The first-order valence-corrected chi connectivity index (χ1v) is 2.43. The van der Waals surface area contributed by atoms with Gasteiger partial charge in [0.05, 0.1) is 0 Å². The van der Waals surface area contributed by atoms with E-state index < -0.39 is 12.1 Å². The number of carbonyl (C=O) groups is 2. The van der Waals surface area contributed by atoms with Crippen molar-refractivity contribution < 1.29 is 14.3 Å². The number of carbonyl (C=O) groups excluding carboxylic acids is 2. The topological polar surface area (TPSA) is 55.4 Å². The minimum absolute atomic E-state index is 0.208. The summed E-state index contributed by atoms with van der Waals surface area (Å²) in [6.07, 6.45) is 0.779. The summed E-state index contributed by atoms with van der Waals surface area (Å²) in [4.78, 5) is 20.7. The lowest BCUT2D eigenvalue weighted by molar-refractivity contribution is -0.130. The molecule has 0 aromatic heterocycles. The van der Waals surface area contributed by atoms with E-state index in [0.29, 0.717) is 0 Å². The first kappa shape index (κ1) is 5.81. The fourth-order valence-corrected chi connectivity index (χ4v) is 0.516. The van der Waals surface area contributed by atoms with E-state index in [9.17, 15) is 9.59 Å². The fourth-order valence-electron chi connectivity index (χ4n) is 0.516. The van der Waals surface area contributed by atoms with Crippen LogP contribution in [-0.4, -0.2) is 12.1 Å². The molecular formula is C5H5NO3. The first-order valence-electron chi connectivity index (χ1n) is 2.43. The third-order valence-corrected chi connectivity index (χ3v) is 0.931. The van der Waals surface area contributed by atoms with Crippen molar-refractivity contribution in [1.29, 1.82) is 0 Å². The second-order valence-electron chi connectivity index (χ2n) is 1.50. The molecule has 4 heteroatoms. The summed E-state index contributed by atoms with van der Waals surface area (Å²) in [7, 11) is 0. The van der Waals surface area contributed by atoms with Gasteiger partial charge in [0.2, 0.25) is 0 Å². The Kier molecular flexibility index (Phi) is 1.22. The Morgan fingerprint density at radius 3 is 2.44 bits per heavy atom. The van der Waals surface area contributed by atoms with E-state index in [0.717, 1.165) is 0 Å². The minimum Gasteiger partial charge on any atom is -0.371 e. The highest BCUT2D eigenvalue weighted by Crippen LogP contribution is 2.01. The van der Waals surface area contributed by atoms with Crippen molar-refractivity contribution >= 4 is 12.1 Å². The number of alkyl carbamates (subject to hydrolysis) is 1. The fraction of sp³-hybridized carbons (Fsp3) is 0.200. The van der Waals surface area contributed by atoms with Crippen LogP contribution in [0.2, 0.25) is 0 Å². The molecule has 9 heavy (non-hydrogen) atoms. The van der Waals surface area contributed by atoms with E-state index in [-0.39, 0.29) is 5.70 Å². The molecule has 0 spiro atoms. The molecule has 1 heterocycles. The Labute approximate surface area is 51.5 Å². The van der Waals surface area contributed by atoms with Gasteiger partial charge in [-0.2, -0.15) is 0 Å². The van der Waals surface area contributed by atoms with Gasteiger partial charge in [0, 0.05) is 0 Å². The Balaban J connectivity index is 2.81. The molecule has 0 aromatic carbocycles. The van der Waals surface area contributed by atoms with Crippen LogP contribution in [0, 0.1) is 0 Å². The van der Waals surface area contributed by atoms with Crippen molar-refractivity contribution in [2.75, 3.05) is 0 Å². The van der Waals surface area contributed by atoms with Crippen LogP contribution >= 0.6 is 0 Å². The molecule has 1 amide bonds. The Bertz CT molecular complexity index is 194. The molecule has 0 aromatic rings. The molecule has 0 bridgehead atoms. The van der Waals surface area contributed by atoms with Crippen LogP contribution in [-0.2, 0) is 9.53 Å². The van der Waals surface area contributed by atoms with Gasteiger partial charge in [-0.3, -0.25) is 5.32 Å². The number of cyclic esters (lactones) is 2. The van der Waals surface area contributed by atoms with E-state index in [4.69, 9.17) is 0 Å². The number of esters is 1. The SMILES string of the molecule is C/C=C1/NC(=O)OC1=O. The van der Waals surface area contributed by atoms with Crippen LogP contribution in [0.15, 0.2) is 11.8 Å². The predicted octanol–water partition coefficient (Wildman–Crippen LogP) is 0.157. The zero-order valence-electron chi connectivity index (χ0n) is 4.80. The number of nitrogens with one attached hydrogen (secondary N) is 1. The lowest BCUT2D eigenvalue weighted by Crippen LogP contribution is -2.10. The van der Waals surface area contributed by atoms with E-state index in [1.54, 1.807) is 6.92 Å². The van der Waals surface area contributed by atoms with E-state index >= 15 is 0 Å². The summed E-state index contributed by atoms with van der Waals surface area (Å²) in [6, 6.07) is 0. The van der Waals surface area contributed by atoms with E-state index in [2.05, 4.69) is 10.1 Å². The number of rotatable bonds is 0. The molecule has 1 aliphatic rings. The van der Waals surface area contributed by atoms with Crippen LogP contribution in [0.4, 0.5) is 4.79 Å². The van der Waals surface area contributed by atoms with Crippen LogP contribution in [0.3, 0.4) is 0 Å². The average Bonchev–Trinajstić information content (AvgIpc) is 2.10. The molecule has 1 aliphatic heterocycles. The first-order chi connectivity index (χ1) is 4.24. The van der Waals surface area contributed by atoms with Crippen LogP contribution in [0.25, 0.3) is 0 Å². The van der Waals surface area contributed by atoms with Gasteiger partial charge in [0.1, 0.15) is 5.70 Å². The monoisotopic (exact) mass is 127 g/mol. The van der Waals surface area contributed by atoms with Gasteiger partial charge >= 0.3 is 12.1 Å². The van der Waals surface area contributed by atoms with Crippen molar-refractivity contribution in [3.8, 4) is 0 Å². The Hall–Kier alpha value is -1.32. The highest BCUT2D eigenvalue weighted by Gasteiger charge is 2.24. The minimum atomic E-state index is -0.701. The zero-order chi connectivity index (χ0) is 6.85. The van der Waals surface area contributed by atoms with E-state index in [1.807, 2.05) is 0 Å². The molecule has 1 rings (SSSR count). The van der Waals surface area contributed by atoms with Crippen molar-refractivity contribution in [3.63, 3.8) is 0 Å². The molecular weight excluding hydrogens is 122 g/mol. The summed E-state index contributed by atoms with van der Waals surface area (Å²) in [5, 5.41) is 2.20. The molecule has 0 atom stereocenters. The van der Waals surface area contributed by atoms with Crippen LogP contribution < -0.4 is 5.32 Å². The second-order valence-corrected chi connectivity index (χ2v) is 1.50. The summed E-state index contributed by atoms with van der Waals surface area (Å²) in [6.45, 7) is 1.64. The zero-order valence-corrected chi connectivity index (χ0v) is 4.80. The summed E-state index contributed by atoms with van der Waals surface area (Å²) in [5.41, 5.74) is 0.208. The molecule has 1 fully saturated rings. The normalized spacial score (nSPS) is 22.1. The quantitative estimate of drug-likeness (QED) is 0.286. The summed E-state index contributed by atoms with van der Waals surface area (Å²) >= 11 is 0. The maximum Gasteiger partial charge on any atom is 0.419 e. The van der Waals surface area contributed by atoms with E-state index in [1.165, 1.54) is 6.08 Å². The smallest absolute Gasteiger partial charge is 0.371 e. The maximum atomic E-state index is 10.4. The van der Waals surface area contributed by atoms with Gasteiger partial charge in [-0.1, -0.05) is 6.08 Å². The third kappa shape index (κ3) is 0.910. The average molecular weight is 127 g/mol. The van der Waals surface area contributed by atoms with Crippen molar-refractivity contribution in [2.45, 2.75) is 6.92 Å². The van der Waals surface area contributed by atoms with Gasteiger partial charge in [0.25, 0.3) is 0 Å². The van der Waals surface area contributed by atoms with Gasteiger partial charge in [-0.15, -0.1) is 0 Å². The number of allylic oxidation sites excluding steroid dienone is 1. The highest BCUT2D eigenvalue weighted by molar-refractivity contribution is 6.03. The number of amides is 1. The molecule has 0 aliphatic carbocycles. The van der Waals surface area contributed by atoms with Crippen LogP contribution in [0.1, 0.15) is 6.92 Å². The van der Waals surface area contributed by atoms with Gasteiger partial charge < -0.3 is 4.74 Å². The predicted molar refractivity (Wildman–Crippen MR) is 28.4 cm³/mol. The van der Waals surface area contributed by atoms with Crippen molar-refractivity contribution in [2.24, 2.45) is 0 Å². The highest BCUT2D eigenvalue weighted by atomic mass is 16.6. The van der Waals surface area contributed by atoms with Crippen molar-refractivity contribution in [3.05, 3.63) is 11.8 Å². The standard InChI is InChI=1S/C5H5NO3/c1-2-3-4(7)9-5(8)6-3/h2H,1H3,(H,6,8)/b3-2+. The largest absolute Gasteiger partial charge is 0.419 e. The van der Waals surface area contributed by atoms with Gasteiger partial charge in [0.15, 0.2) is 0 Å². The number of ether oxygens (including phenoxy) is 1. The van der Waals surface area contributed by atoms with Crippen LogP contribution in [0.5, 0.6) is 0 Å². The molecule has 0 unspecified atom stereocenters. The molecule has 4 nitrogen and oxygen atoms in total. The van der Waals surface area contributed by atoms with Gasteiger partial charge in [-0.05, 0) is 6.92 Å². The van der Waals surface area contributed by atoms with Gasteiger partial charge in [-0.25, -0.2) is 9.59 Å². The second kappa shape index (κ2) is 1.89. The number of hydrogen-bond acceptors (Lipinski definition) is 3.